The SMILES string of the molecule is CN[C@@H](C)c1cc(C)c(F)c(F)c1O. The molecule has 0 aliphatic rings. The Labute approximate surface area is 81.6 Å². The van der Waals surface area contributed by atoms with Crippen LogP contribution in [-0.4, -0.2) is 12.2 Å². The van der Waals surface area contributed by atoms with Crippen LogP contribution in [0.15, 0.2) is 6.07 Å². The first-order valence-corrected chi connectivity index (χ1v) is 4.33. The minimum absolute atomic E-state index is 0.192. The fourth-order valence-electron chi connectivity index (χ4n) is 1.25. The Morgan fingerprint density at radius 2 is 1.93 bits per heavy atom. The molecule has 0 saturated heterocycles. The highest BCUT2D eigenvalue weighted by Gasteiger charge is 2.18. The molecule has 4 heteroatoms. The first kappa shape index (κ1) is 10.9. The van der Waals surface area contributed by atoms with Gasteiger partial charge in [0.05, 0.1) is 0 Å². The van der Waals surface area contributed by atoms with Gasteiger partial charge in [-0.25, -0.2) is 4.39 Å². The molecule has 0 saturated carbocycles. The van der Waals surface area contributed by atoms with Gasteiger partial charge in [0.1, 0.15) is 0 Å². The number of phenols is 1. The molecule has 0 fully saturated rings. The summed E-state index contributed by atoms with van der Waals surface area (Å²) in [5.74, 6) is -2.79. The molecule has 0 aromatic heterocycles. The van der Waals surface area contributed by atoms with Crippen molar-refractivity contribution in [3.05, 3.63) is 28.8 Å². The Morgan fingerprint density at radius 3 is 2.43 bits per heavy atom. The van der Waals surface area contributed by atoms with E-state index in [1.807, 2.05) is 0 Å². The summed E-state index contributed by atoms with van der Waals surface area (Å²) in [7, 11) is 1.68. The second-order valence-electron chi connectivity index (χ2n) is 3.27. The van der Waals surface area contributed by atoms with Gasteiger partial charge < -0.3 is 10.4 Å². The van der Waals surface area contributed by atoms with E-state index in [1.54, 1.807) is 14.0 Å². The average molecular weight is 201 g/mol. The van der Waals surface area contributed by atoms with E-state index >= 15 is 0 Å². The highest BCUT2D eigenvalue weighted by molar-refractivity contribution is 5.40. The predicted octanol–water partition coefficient (Wildman–Crippen LogP) is 2.26. The zero-order chi connectivity index (χ0) is 10.9. The monoisotopic (exact) mass is 201 g/mol. The lowest BCUT2D eigenvalue weighted by Crippen LogP contribution is -2.13. The maximum absolute atomic E-state index is 13.1. The first-order chi connectivity index (χ1) is 6.49. The van der Waals surface area contributed by atoms with E-state index in [-0.39, 0.29) is 11.6 Å². The summed E-state index contributed by atoms with van der Waals surface area (Å²) in [5, 5.41) is 12.2. The molecule has 0 aliphatic heterocycles. The quantitative estimate of drug-likeness (QED) is 0.769. The van der Waals surface area contributed by atoms with Gasteiger partial charge in [0.25, 0.3) is 0 Å². The molecular weight excluding hydrogens is 188 g/mol. The molecule has 14 heavy (non-hydrogen) atoms. The van der Waals surface area contributed by atoms with Gasteiger partial charge in [0, 0.05) is 11.6 Å². The minimum Gasteiger partial charge on any atom is -0.505 e. The number of rotatable bonds is 2. The smallest absolute Gasteiger partial charge is 0.200 e. The van der Waals surface area contributed by atoms with Crippen LogP contribution in [0.5, 0.6) is 5.75 Å². The van der Waals surface area contributed by atoms with Gasteiger partial charge in [-0.3, -0.25) is 0 Å². The Morgan fingerprint density at radius 1 is 1.36 bits per heavy atom. The van der Waals surface area contributed by atoms with Crippen LogP contribution in [0.3, 0.4) is 0 Å². The highest BCUT2D eigenvalue weighted by Crippen LogP contribution is 2.30. The van der Waals surface area contributed by atoms with Crippen LogP contribution in [0, 0.1) is 18.6 Å². The molecule has 1 rings (SSSR count). The summed E-state index contributed by atoms with van der Waals surface area (Å²) >= 11 is 0. The van der Waals surface area contributed by atoms with E-state index in [4.69, 9.17) is 0 Å². The Kier molecular flexibility index (Phi) is 3.06. The van der Waals surface area contributed by atoms with Crippen LogP contribution >= 0.6 is 0 Å². The molecule has 0 spiro atoms. The van der Waals surface area contributed by atoms with Gasteiger partial charge in [-0.05, 0) is 32.5 Å². The minimum atomic E-state index is -1.18. The van der Waals surface area contributed by atoms with Crippen molar-refractivity contribution >= 4 is 0 Å². The number of nitrogens with one attached hydrogen (secondary N) is 1. The third-order valence-electron chi connectivity index (χ3n) is 2.29. The molecule has 0 bridgehead atoms. The van der Waals surface area contributed by atoms with Crippen LogP contribution in [0.1, 0.15) is 24.1 Å². The van der Waals surface area contributed by atoms with E-state index < -0.39 is 17.4 Å². The Bertz CT molecular complexity index is 352. The summed E-state index contributed by atoms with van der Waals surface area (Å²) < 4.78 is 26.1. The zero-order valence-corrected chi connectivity index (χ0v) is 8.36. The molecule has 0 heterocycles. The number of benzene rings is 1. The topological polar surface area (TPSA) is 32.3 Å². The molecular formula is C10H13F2NO. The molecule has 2 N–H and O–H groups in total. The normalized spacial score (nSPS) is 12.9. The fourth-order valence-corrected chi connectivity index (χ4v) is 1.25. The Balaban J connectivity index is 3.33. The van der Waals surface area contributed by atoms with E-state index in [0.717, 1.165) is 0 Å². The number of halogens is 2. The lowest BCUT2D eigenvalue weighted by atomic mass is 10.0. The van der Waals surface area contributed by atoms with Gasteiger partial charge in [-0.2, -0.15) is 4.39 Å². The van der Waals surface area contributed by atoms with Crippen molar-refractivity contribution in [2.75, 3.05) is 7.05 Å². The second kappa shape index (κ2) is 3.92. The summed E-state index contributed by atoms with van der Waals surface area (Å²) in [6.07, 6.45) is 0. The van der Waals surface area contributed by atoms with Crippen LogP contribution in [0.4, 0.5) is 8.78 Å². The third-order valence-corrected chi connectivity index (χ3v) is 2.29. The van der Waals surface area contributed by atoms with Crippen LogP contribution in [0.25, 0.3) is 0 Å². The van der Waals surface area contributed by atoms with E-state index in [1.165, 1.54) is 13.0 Å². The van der Waals surface area contributed by atoms with Crippen molar-refractivity contribution in [3.8, 4) is 5.75 Å². The summed E-state index contributed by atoms with van der Waals surface area (Å²) in [4.78, 5) is 0. The first-order valence-electron chi connectivity index (χ1n) is 4.33. The summed E-state index contributed by atoms with van der Waals surface area (Å²) in [6, 6.07) is 1.22. The number of aryl methyl sites for hydroxylation is 1. The van der Waals surface area contributed by atoms with E-state index in [2.05, 4.69) is 5.32 Å². The molecule has 0 amide bonds. The number of hydrogen-bond acceptors (Lipinski definition) is 2. The van der Waals surface area contributed by atoms with Crippen molar-refractivity contribution < 1.29 is 13.9 Å². The third kappa shape index (κ3) is 1.70. The number of phenolic OH excluding ortho intramolecular Hbond substituents is 1. The van der Waals surface area contributed by atoms with Gasteiger partial charge >= 0.3 is 0 Å². The van der Waals surface area contributed by atoms with Gasteiger partial charge in [0.15, 0.2) is 11.6 Å². The van der Waals surface area contributed by atoms with Crippen molar-refractivity contribution in [1.29, 1.82) is 0 Å². The summed E-state index contributed by atoms with van der Waals surface area (Å²) in [6.45, 7) is 3.22. The maximum atomic E-state index is 13.1. The maximum Gasteiger partial charge on any atom is 0.200 e. The largest absolute Gasteiger partial charge is 0.505 e. The molecule has 1 aromatic rings. The van der Waals surface area contributed by atoms with Gasteiger partial charge in [-0.15, -0.1) is 0 Å². The second-order valence-corrected chi connectivity index (χ2v) is 3.27. The average Bonchev–Trinajstić information content (AvgIpc) is 2.19. The van der Waals surface area contributed by atoms with E-state index in [9.17, 15) is 13.9 Å². The molecule has 78 valence electrons. The lowest BCUT2D eigenvalue weighted by Gasteiger charge is -2.14. The molecule has 0 aliphatic carbocycles. The molecule has 1 atom stereocenters. The van der Waals surface area contributed by atoms with Crippen molar-refractivity contribution in [3.63, 3.8) is 0 Å². The van der Waals surface area contributed by atoms with Gasteiger partial charge in [0.2, 0.25) is 5.82 Å². The standard InChI is InChI=1S/C10H13F2NO/c1-5-4-7(6(2)13-3)10(14)9(12)8(5)11/h4,6,13-14H,1-3H3/t6-/m0/s1. The Hall–Kier alpha value is -1.16. The lowest BCUT2D eigenvalue weighted by molar-refractivity contribution is 0.393. The van der Waals surface area contributed by atoms with Crippen LogP contribution in [-0.2, 0) is 0 Å². The van der Waals surface area contributed by atoms with Crippen LogP contribution < -0.4 is 5.32 Å². The number of hydrogen-bond donors (Lipinski definition) is 2. The van der Waals surface area contributed by atoms with Crippen molar-refractivity contribution in [2.24, 2.45) is 0 Å². The predicted molar refractivity (Wildman–Crippen MR) is 50.2 cm³/mol. The fraction of sp³-hybridized carbons (Fsp3) is 0.400. The molecule has 0 unspecified atom stereocenters. The number of aromatic hydroxyl groups is 1. The zero-order valence-electron chi connectivity index (χ0n) is 8.36. The highest BCUT2D eigenvalue weighted by atomic mass is 19.2. The van der Waals surface area contributed by atoms with Crippen LogP contribution in [0.2, 0.25) is 0 Å². The van der Waals surface area contributed by atoms with Crippen molar-refractivity contribution in [2.45, 2.75) is 19.9 Å². The summed E-state index contributed by atoms with van der Waals surface area (Å²) in [5.41, 5.74) is 0.557. The van der Waals surface area contributed by atoms with Crippen molar-refractivity contribution in [1.82, 2.24) is 5.32 Å². The molecule has 2 nitrogen and oxygen atoms in total. The van der Waals surface area contributed by atoms with Gasteiger partial charge in [-0.1, -0.05) is 0 Å². The molecule has 1 aromatic carbocycles. The van der Waals surface area contributed by atoms with E-state index in [0.29, 0.717) is 5.56 Å². The molecule has 0 radical (unpaired) electrons.